The van der Waals surface area contributed by atoms with Gasteiger partial charge in [0.05, 0.1) is 5.92 Å². The molecule has 8 heteroatoms. The van der Waals surface area contributed by atoms with Crippen LogP contribution in [-0.2, 0) is 9.59 Å². The van der Waals surface area contributed by atoms with Crippen LogP contribution in [0.2, 0.25) is 0 Å². The maximum absolute atomic E-state index is 12.7. The van der Waals surface area contributed by atoms with Crippen LogP contribution in [0.4, 0.5) is 0 Å². The van der Waals surface area contributed by atoms with Crippen LogP contribution in [0, 0.1) is 5.92 Å². The molecule has 2 aromatic rings. The molecule has 1 unspecified atom stereocenters. The van der Waals surface area contributed by atoms with Crippen molar-refractivity contribution < 1.29 is 40.2 Å². The van der Waals surface area contributed by atoms with Gasteiger partial charge in [-0.3, -0.25) is 9.59 Å². The Morgan fingerprint density at radius 3 is 1.91 bits per heavy atom. The zero-order valence-electron chi connectivity index (χ0n) is 17.0. The van der Waals surface area contributed by atoms with E-state index in [1.807, 2.05) is 0 Å². The third-order valence-electron chi connectivity index (χ3n) is 5.60. The maximum Gasteiger partial charge on any atom is 0.189 e. The molecule has 168 valence electrons. The first-order valence-corrected chi connectivity index (χ1v) is 10.0. The van der Waals surface area contributed by atoms with Gasteiger partial charge in [0.25, 0.3) is 0 Å². The fourth-order valence-corrected chi connectivity index (χ4v) is 3.70. The van der Waals surface area contributed by atoms with Gasteiger partial charge in [-0.25, -0.2) is 0 Å². The van der Waals surface area contributed by atoms with E-state index in [2.05, 4.69) is 0 Å². The van der Waals surface area contributed by atoms with Crippen molar-refractivity contribution in [3.8, 4) is 23.0 Å². The minimum Gasteiger partial charge on any atom is -0.504 e. The number of aromatic hydroxyl groups is 4. The summed E-state index contributed by atoms with van der Waals surface area (Å²) in [6, 6.07) is 7.96. The third kappa shape index (κ3) is 4.82. The van der Waals surface area contributed by atoms with Gasteiger partial charge in [-0.2, -0.15) is 0 Å². The number of rotatable bonds is 6. The van der Waals surface area contributed by atoms with Crippen LogP contribution in [-0.4, -0.2) is 53.9 Å². The lowest BCUT2D eigenvalue weighted by atomic mass is 9.71. The van der Waals surface area contributed by atoms with Crippen LogP contribution in [0.5, 0.6) is 23.0 Å². The molecule has 2 aromatic carbocycles. The number of benzene rings is 2. The lowest BCUT2D eigenvalue weighted by molar-refractivity contribution is -0.161. The highest BCUT2D eigenvalue weighted by Gasteiger charge is 2.49. The Morgan fingerprint density at radius 2 is 1.38 bits per heavy atom. The number of aliphatic hydroxyl groups is 2. The maximum atomic E-state index is 12.7. The molecule has 3 atom stereocenters. The van der Waals surface area contributed by atoms with Gasteiger partial charge in [0.2, 0.25) is 0 Å². The smallest absolute Gasteiger partial charge is 0.189 e. The summed E-state index contributed by atoms with van der Waals surface area (Å²) in [6.45, 7) is 0. The molecule has 0 spiro atoms. The second-order valence-corrected chi connectivity index (χ2v) is 7.80. The van der Waals surface area contributed by atoms with E-state index in [0.717, 1.165) is 6.08 Å². The van der Waals surface area contributed by atoms with Crippen molar-refractivity contribution in [1.82, 2.24) is 0 Å². The van der Waals surface area contributed by atoms with Crippen LogP contribution < -0.4 is 0 Å². The highest BCUT2D eigenvalue weighted by Crippen LogP contribution is 2.35. The second-order valence-electron chi connectivity index (χ2n) is 7.80. The Bertz CT molecular complexity index is 1090. The number of carbonyl (C=O) groups excluding carboxylic acids is 2. The minimum absolute atomic E-state index is 0.0164. The van der Waals surface area contributed by atoms with Gasteiger partial charge in [-0.1, -0.05) is 24.3 Å². The average Bonchev–Trinajstić information content (AvgIpc) is 2.76. The highest BCUT2D eigenvalue weighted by molar-refractivity contribution is 6.02. The number of carbonyl (C=O) groups is 2. The van der Waals surface area contributed by atoms with Crippen molar-refractivity contribution in [2.24, 2.45) is 5.92 Å². The summed E-state index contributed by atoms with van der Waals surface area (Å²) in [7, 11) is 0. The van der Waals surface area contributed by atoms with Crippen molar-refractivity contribution >= 4 is 23.7 Å². The summed E-state index contributed by atoms with van der Waals surface area (Å²) >= 11 is 0. The van der Waals surface area contributed by atoms with Crippen LogP contribution in [0.25, 0.3) is 12.2 Å². The molecule has 1 fully saturated rings. The zero-order chi connectivity index (χ0) is 23.5. The third-order valence-corrected chi connectivity index (χ3v) is 5.60. The van der Waals surface area contributed by atoms with E-state index >= 15 is 0 Å². The van der Waals surface area contributed by atoms with Crippen molar-refractivity contribution in [3.63, 3.8) is 0 Å². The SMILES string of the molecule is O=C(C=Cc1ccc(O)c(O)c1)C1CCC[C@@](O)(C(=O)C=Cc2ccc(O)c(O)c2)[C@H]1O. The summed E-state index contributed by atoms with van der Waals surface area (Å²) in [5, 5.41) is 59.3. The predicted molar refractivity (Wildman–Crippen MR) is 116 cm³/mol. The summed E-state index contributed by atoms with van der Waals surface area (Å²) < 4.78 is 0. The van der Waals surface area contributed by atoms with Crippen molar-refractivity contribution in [3.05, 3.63) is 59.7 Å². The van der Waals surface area contributed by atoms with E-state index in [4.69, 9.17) is 0 Å². The van der Waals surface area contributed by atoms with Gasteiger partial charge in [-0.05, 0) is 66.8 Å². The zero-order valence-corrected chi connectivity index (χ0v) is 17.0. The molecular weight excluding hydrogens is 416 g/mol. The first-order chi connectivity index (χ1) is 15.1. The molecule has 0 saturated heterocycles. The lowest BCUT2D eigenvalue weighted by Gasteiger charge is -2.39. The summed E-state index contributed by atoms with van der Waals surface area (Å²) in [5.74, 6) is -3.57. The molecule has 0 aromatic heterocycles. The summed E-state index contributed by atoms with van der Waals surface area (Å²) in [4.78, 5) is 25.3. The number of allylic oxidation sites excluding steroid dienone is 1. The van der Waals surface area contributed by atoms with Gasteiger partial charge < -0.3 is 30.6 Å². The Labute approximate surface area is 184 Å². The Hall–Kier alpha value is -3.62. The van der Waals surface area contributed by atoms with Gasteiger partial charge in [0, 0.05) is 0 Å². The van der Waals surface area contributed by atoms with Crippen LogP contribution in [0.3, 0.4) is 0 Å². The van der Waals surface area contributed by atoms with E-state index < -0.39 is 29.2 Å². The molecule has 32 heavy (non-hydrogen) atoms. The number of hydrogen-bond acceptors (Lipinski definition) is 8. The molecule has 3 rings (SSSR count). The molecule has 0 aliphatic heterocycles. The van der Waals surface area contributed by atoms with Crippen LogP contribution in [0.15, 0.2) is 48.6 Å². The van der Waals surface area contributed by atoms with Crippen molar-refractivity contribution in [2.45, 2.75) is 31.0 Å². The lowest BCUT2D eigenvalue weighted by Crippen LogP contribution is -2.56. The number of hydrogen-bond donors (Lipinski definition) is 6. The van der Waals surface area contributed by atoms with Gasteiger partial charge >= 0.3 is 0 Å². The molecule has 0 heterocycles. The van der Waals surface area contributed by atoms with Crippen molar-refractivity contribution in [1.29, 1.82) is 0 Å². The molecule has 0 amide bonds. The van der Waals surface area contributed by atoms with E-state index in [1.54, 1.807) is 0 Å². The van der Waals surface area contributed by atoms with E-state index in [-0.39, 0.29) is 35.8 Å². The Morgan fingerprint density at radius 1 is 0.844 bits per heavy atom. The number of phenolic OH excluding ortho intramolecular Hbond substituents is 4. The van der Waals surface area contributed by atoms with Crippen LogP contribution in [0.1, 0.15) is 30.4 Å². The molecule has 1 saturated carbocycles. The molecular formula is C24H24O8. The van der Waals surface area contributed by atoms with E-state index in [9.17, 15) is 40.2 Å². The second kappa shape index (κ2) is 9.25. The first-order valence-electron chi connectivity index (χ1n) is 10.0. The molecule has 8 nitrogen and oxygen atoms in total. The molecule has 0 radical (unpaired) electrons. The first kappa shape index (κ1) is 23.1. The largest absolute Gasteiger partial charge is 0.504 e. The molecule has 0 bridgehead atoms. The normalized spacial score (nSPS) is 23.6. The summed E-state index contributed by atoms with van der Waals surface area (Å²) in [6.07, 6.45) is 4.00. The fourth-order valence-electron chi connectivity index (χ4n) is 3.70. The molecule has 1 aliphatic carbocycles. The van der Waals surface area contributed by atoms with Crippen LogP contribution >= 0.6 is 0 Å². The molecule has 1 aliphatic rings. The quantitative estimate of drug-likeness (QED) is 0.295. The Kier molecular flexibility index (Phi) is 6.67. The van der Waals surface area contributed by atoms with Gasteiger partial charge in [-0.15, -0.1) is 0 Å². The summed E-state index contributed by atoms with van der Waals surface area (Å²) in [5.41, 5.74) is -1.29. The monoisotopic (exact) mass is 440 g/mol. The fraction of sp³-hybridized carbons (Fsp3) is 0.250. The average molecular weight is 440 g/mol. The van der Waals surface area contributed by atoms with Crippen molar-refractivity contribution in [2.75, 3.05) is 0 Å². The number of ketones is 2. The van der Waals surface area contributed by atoms with E-state index in [0.29, 0.717) is 17.5 Å². The predicted octanol–water partition coefficient (Wildman–Crippen LogP) is 2.27. The number of phenols is 4. The highest BCUT2D eigenvalue weighted by atomic mass is 16.4. The topological polar surface area (TPSA) is 156 Å². The van der Waals surface area contributed by atoms with Gasteiger partial charge in [0.1, 0.15) is 6.10 Å². The standard InChI is InChI=1S/C24H24O8/c25-17(7-3-14-4-8-18(26)20(28)12-14)16-2-1-11-24(32,23(16)31)22(30)10-6-15-5-9-19(27)21(29)13-15/h3-10,12-13,16,23,26-29,31-32H,1-2,11H2/t16?,23-,24+/m0/s1. The van der Waals surface area contributed by atoms with Gasteiger partial charge in [0.15, 0.2) is 40.2 Å². The molecule has 6 N–H and O–H groups in total. The minimum atomic E-state index is -2.14. The Balaban J connectivity index is 1.73. The number of aliphatic hydroxyl groups excluding tert-OH is 1. The van der Waals surface area contributed by atoms with E-state index in [1.165, 1.54) is 54.6 Å².